The number of hydrogen-bond acceptors (Lipinski definition) is 1. The van der Waals surface area contributed by atoms with Gasteiger partial charge in [0.15, 0.2) is 0 Å². The summed E-state index contributed by atoms with van der Waals surface area (Å²) in [6, 6.07) is 0. The molecule has 0 atom stereocenters. The van der Waals surface area contributed by atoms with E-state index in [0.717, 1.165) is 0 Å². The van der Waals surface area contributed by atoms with Crippen LogP contribution in [0.1, 0.15) is 2.85 Å². The van der Waals surface area contributed by atoms with Crippen molar-refractivity contribution in [3.05, 3.63) is 0 Å². The summed E-state index contributed by atoms with van der Waals surface area (Å²) in [5.74, 6) is 0. The van der Waals surface area contributed by atoms with Gasteiger partial charge in [-0.2, -0.15) is 0 Å². The Morgan fingerprint density at radius 2 is 1.25 bits per heavy atom. The van der Waals surface area contributed by atoms with Crippen LogP contribution in [0.5, 0.6) is 0 Å². The van der Waals surface area contributed by atoms with E-state index < -0.39 is 0 Å². The van der Waals surface area contributed by atoms with Gasteiger partial charge in [-0.05, 0) is 0 Å². The fourth-order valence-corrected chi connectivity index (χ4v) is 0. The van der Waals surface area contributed by atoms with Crippen LogP contribution < -0.4 is 6.15 Å². The maximum absolute atomic E-state index is 0. The molecule has 0 aromatic carbocycles. The third kappa shape index (κ3) is 9.26. The average Bonchev–Trinajstić information content (AvgIpc) is 0. The second-order valence-corrected chi connectivity index (χ2v) is 0. The molecule has 1 nitrogen and oxygen atoms in total. The minimum absolute atomic E-state index is 0. The van der Waals surface area contributed by atoms with Gasteiger partial charge in [-0.1, -0.05) is 0 Å². The van der Waals surface area contributed by atoms with Crippen LogP contribution in [-0.2, 0) is 33.9 Å². The normalized spacial score (nSPS) is 0. The Kier molecular flexibility index (Phi) is 231. The second kappa shape index (κ2) is 21.8. The molecule has 0 aromatic rings. The van der Waals surface area contributed by atoms with Crippen molar-refractivity contribution in [1.29, 1.82) is 0 Å². The molecule has 0 fully saturated rings. The van der Waals surface area contributed by atoms with E-state index in [1.165, 1.54) is 0 Å². The maximum atomic E-state index is 0. The SMILES string of the molecule is N.[Cr].[H-].[H-].[Mg+2].[Ni]. The first-order valence-corrected chi connectivity index (χ1v) is 0. The first-order chi connectivity index (χ1) is 0. The van der Waals surface area contributed by atoms with E-state index in [9.17, 15) is 0 Å². The van der Waals surface area contributed by atoms with Gasteiger partial charge in [0.25, 0.3) is 0 Å². The Bertz CT molecular complexity index is 13.5. The quantitative estimate of drug-likeness (QED) is 0.489. The van der Waals surface area contributed by atoms with Gasteiger partial charge < -0.3 is 9.00 Å². The van der Waals surface area contributed by atoms with Crippen LogP contribution in [-0.4, -0.2) is 23.1 Å². The van der Waals surface area contributed by atoms with E-state index in [0.29, 0.717) is 0 Å². The molecule has 0 aromatic heterocycles. The Morgan fingerprint density at radius 3 is 1.25 bits per heavy atom. The van der Waals surface area contributed by atoms with Crippen LogP contribution >= 0.6 is 0 Å². The molecule has 0 unspecified atom stereocenters. The van der Waals surface area contributed by atoms with Gasteiger partial charge in [-0.15, -0.1) is 0 Å². The van der Waals surface area contributed by atoms with Crippen LogP contribution in [0.4, 0.5) is 0 Å². The van der Waals surface area contributed by atoms with Crippen molar-refractivity contribution in [2.24, 2.45) is 0 Å². The third-order valence-corrected chi connectivity index (χ3v) is 0. The summed E-state index contributed by atoms with van der Waals surface area (Å²) >= 11 is 0. The van der Waals surface area contributed by atoms with Crippen molar-refractivity contribution in [2.75, 3.05) is 0 Å². The Morgan fingerprint density at radius 1 is 1.25 bits per heavy atom. The standard InChI is InChI=1S/Cr.Mg.H3N.Ni.2H/h;;1H3;;;/q;+2;;;2*-1. The van der Waals surface area contributed by atoms with Crippen molar-refractivity contribution in [3.63, 3.8) is 0 Å². The predicted octanol–water partition coefficient (Wildman–Crippen LogP) is 0.00120. The van der Waals surface area contributed by atoms with E-state index in [1.807, 2.05) is 0 Å². The van der Waals surface area contributed by atoms with Crippen LogP contribution in [0.25, 0.3) is 0 Å². The van der Waals surface area contributed by atoms with Gasteiger partial charge in [0, 0.05) is 33.9 Å². The average molecular weight is 154 g/mol. The minimum Gasteiger partial charge on any atom is -1.00 e. The van der Waals surface area contributed by atoms with Crippen molar-refractivity contribution in [2.45, 2.75) is 0 Å². The van der Waals surface area contributed by atoms with Crippen LogP contribution in [0.15, 0.2) is 0 Å². The van der Waals surface area contributed by atoms with Gasteiger partial charge >= 0.3 is 23.1 Å². The van der Waals surface area contributed by atoms with Gasteiger partial charge in [0.2, 0.25) is 0 Å². The molecule has 0 rings (SSSR count). The first-order valence-electron chi connectivity index (χ1n) is 0. The van der Waals surface area contributed by atoms with Gasteiger partial charge in [0.1, 0.15) is 0 Å². The zero-order valence-corrected chi connectivity index (χ0v) is 5.82. The summed E-state index contributed by atoms with van der Waals surface area (Å²) in [6.07, 6.45) is 0. The monoisotopic (exact) mass is 153 g/mol. The molecule has 0 aliphatic rings. The topological polar surface area (TPSA) is 35.0 Å². The van der Waals surface area contributed by atoms with Crippen LogP contribution in [0.2, 0.25) is 0 Å². The summed E-state index contributed by atoms with van der Waals surface area (Å²) in [5, 5.41) is 0. The molecule has 0 aliphatic heterocycles. The van der Waals surface area contributed by atoms with E-state index in [4.69, 9.17) is 0 Å². The van der Waals surface area contributed by atoms with Crippen molar-refractivity contribution in [1.82, 2.24) is 6.15 Å². The number of hydrogen-bond donors (Lipinski definition) is 1. The molecule has 28 valence electrons. The van der Waals surface area contributed by atoms with E-state index in [-0.39, 0.29) is 65.9 Å². The Labute approximate surface area is 65.7 Å². The first kappa shape index (κ1) is 42.3. The van der Waals surface area contributed by atoms with E-state index in [1.54, 1.807) is 0 Å². The Balaban J connectivity index is 0. The summed E-state index contributed by atoms with van der Waals surface area (Å²) in [4.78, 5) is 0. The van der Waals surface area contributed by atoms with Crippen LogP contribution in [0.3, 0.4) is 0 Å². The van der Waals surface area contributed by atoms with Gasteiger partial charge in [0.05, 0.1) is 0 Å². The molecule has 0 amide bonds. The fraction of sp³-hybridized carbons (Fsp3) is 0. The fourth-order valence-electron chi connectivity index (χ4n) is 0. The van der Waals surface area contributed by atoms with Crippen molar-refractivity contribution >= 4 is 23.1 Å². The molecule has 0 saturated carbocycles. The summed E-state index contributed by atoms with van der Waals surface area (Å²) in [5.41, 5.74) is 0. The second-order valence-electron chi connectivity index (χ2n) is 0. The summed E-state index contributed by atoms with van der Waals surface area (Å²) in [6.45, 7) is 0. The number of rotatable bonds is 0. The molecule has 3 N–H and O–H groups in total. The molecule has 4 heteroatoms. The molecule has 0 radical (unpaired) electrons. The van der Waals surface area contributed by atoms with Gasteiger partial charge in [-0.3, -0.25) is 0 Å². The summed E-state index contributed by atoms with van der Waals surface area (Å²) in [7, 11) is 0. The molecular weight excluding hydrogens is 149 g/mol. The molecular formula is H5CrMgNNi. The smallest absolute Gasteiger partial charge is 1.00 e. The third-order valence-electron chi connectivity index (χ3n) is 0. The van der Waals surface area contributed by atoms with Crippen molar-refractivity contribution < 1.29 is 36.7 Å². The molecule has 0 aliphatic carbocycles. The molecule has 0 saturated heterocycles. The van der Waals surface area contributed by atoms with Crippen molar-refractivity contribution in [3.8, 4) is 0 Å². The molecule has 0 bridgehead atoms. The van der Waals surface area contributed by atoms with Crippen LogP contribution in [0, 0.1) is 0 Å². The molecule has 4 heavy (non-hydrogen) atoms. The summed E-state index contributed by atoms with van der Waals surface area (Å²) < 4.78 is 0. The zero-order valence-electron chi connectivity index (χ0n) is 4.14. The predicted molar refractivity (Wildman–Crippen MR) is 13.0 cm³/mol. The zero-order chi connectivity index (χ0) is 0. The maximum Gasteiger partial charge on any atom is 2.00 e. The Hall–Kier alpha value is 1.75. The minimum atomic E-state index is 0. The largest absolute Gasteiger partial charge is 2.00 e. The molecule has 0 heterocycles. The van der Waals surface area contributed by atoms with E-state index in [2.05, 4.69) is 0 Å². The molecule has 0 spiro atoms. The van der Waals surface area contributed by atoms with E-state index >= 15 is 0 Å². The van der Waals surface area contributed by atoms with Gasteiger partial charge in [-0.25, -0.2) is 0 Å².